The van der Waals surface area contributed by atoms with E-state index in [4.69, 9.17) is 5.73 Å². The quantitative estimate of drug-likeness (QED) is 0.352. The number of carboxylic acids is 1. The molecule has 1 aliphatic heterocycles. The highest BCUT2D eigenvalue weighted by molar-refractivity contribution is 5.94. The lowest BCUT2D eigenvalue weighted by atomic mass is 9.98. The summed E-state index contributed by atoms with van der Waals surface area (Å²) in [6.45, 7) is 12.0. The number of carboxylic acid groups (broad SMARTS) is 1. The third-order valence-electron chi connectivity index (χ3n) is 5.54. The third-order valence-corrected chi connectivity index (χ3v) is 5.54. The van der Waals surface area contributed by atoms with Crippen molar-refractivity contribution in [1.29, 1.82) is 0 Å². The van der Waals surface area contributed by atoms with Gasteiger partial charge in [0.15, 0.2) is 0 Å². The highest BCUT2D eigenvalue weighted by atomic mass is 16.4. The van der Waals surface area contributed by atoms with Gasteiger partial charge >= 0.3 is 5.97 Å². The molecule has 0 aliphatic carbocycles. The second-order valence-corrected chi connectivity index (χ2v) is 10.1. The van der Waals surface area contributed by atoms with Gasteiger partial charge in [-0.15, -0.1) is 0 Å². The Kier molecular flexibility index (Phi) is 11.1. The standard InChI is InChI=1S/C23H42N4O5/c1-13(2)10-16(24)20(28)25-17(11-14(3)4)21(29)26-18(12-15(5)6)22(30)27-9-7-8-19(27)23(31)32/h13-19H,7-12,24H2,1-6H3,(H,25,28)(H,26,29)(H,31,32)/t16-,17-,18-,19-/m0/s1. The largest absolute Gasteiger partial charge is 0.480 e. The average molecular weight is 455 g/mol. The van der Waals surface area contributed by atoms with Crippen LogP contribution in [0.5, 0.6) is 0 Å². The molecule has 0 spiro atoms. The molecule has 9 heteroatoms. The summed E-state index contributed by atoms with van der Waals surface area (Å²) in [6, 6.07) is -3.25. The summed E-state index contributed by atoms with van der Waals surface area (Å²) in [6.07, 6.45) is 2.30. The molecule has 4 atom stereocenters. The third kappa shape index (κ3) is 8.76. The Bertz CT molecular complexity index is 665. The van der Waals surface area contributed by atoms with Crippen molar-refractivity contribution in [3.8, 4) is 0 Å². The van der Waals surface area contributed by atoms with Gasteiger partial charge in [0, 0.05) is 6.54 Å². The molecular weight excluding hydrogens is 412 g/mol. The fourth-order valence-corrected chi connectivity index (χ4v) is 4.05. The van der Waals surface area contributed by atoms with Crippen molar-refractivity contribution in [3.05, 3.63) is 0 Å². The maximum atomic E-state index is 13.2. The Labute approximate surface area is 191 Å². The van der Waals surface area contributed by atoms with Crippen LogP contribution in [0.3, 0.4) is 0 Å². The number of nitrogens with two attached hydrogens (primary N) is 1. The molecule has 0 saturated carbocycles. The molecule has 3 amide bonds. The van der Waals surface area contributed by atoms with Crippen LogP contribution in [0.1, 0.15) is 73.6 Å². The number of hydrogen-bond acceptors (Lipinski definition) is 5. The average Bonchev–Trinajstić information content (AvgIpc) is 3.15. The summed E-state index contributed by atoms with van der Waals surface area (Å²) in [5, 5.41) is 15.0. The highest BCUT2D eigenvalue weighted by Crippen LogP contribution is 2.20. The molecule has 1 heterocycles. The van der Waals surface area contributed by atoms with E-state index in [0.717, 1.165) is 0 Å². The van der Waals surface area contributed by atoms with E-state index < -0.39 is 42.0 Å². The number of nitrogens with zero attached hydrogens (tertiary/aromatic N) is 1. The van der Waals surface area contributed by atoms with Crippen LogP contribution in [0.25, 0.3) is 0 Å². The number of aliphatic carboxylic acids is 1. The van der Waals surface area contributed by atoms with Gasteiger partial charge in [0.05, 0.1) is 6.04 Å². The van der Waals surface area contributed by atoms with Gasteiger partial charge in [0.1, 0.15) is 18.1 Å². The Morgan fingerprint density at radius 1 is 0.875 bits per heavy atom. The summed E-state index contributed by atoms with van der Waals surface area (Å²) in [5.41, 5.74) is 5.98. The van der Waals surface area contributed by atoms with Gasteiger partial charge in [0.2, 0.25) is 17.7 Å². The number of amides is 3. The van der Waals surface area contributed by atoms with Crippen LogP contribution in [-0.4, -0.2) is 64.4 Å². The molecule has 32 heavy (non-hydrogen) atoms. The van der Waals surface area contributed by atoms with Crippen LogP contribution in [0, 0.1) is 17.8 Å². The molecule has 0 aromatic carbocycles. The van der Waals surface area contributed by atoms with Gasteiger partial charge < -0.3 is 26.4 Å². The summed E-state index contributed by atoms with van der Waals surface area (Å²) in [4.78, 5) is 51.7. The fourth-order valence-electron chi connectivity index (χ4n) is 4.05. The predicted molar refractivity (Wildman–Crippen MR) is 123 cm³/mol. The number of nitrogens with one attached hydrogen (secondary N) is 2. The minimum absolute atomic E-state index is 0.104. The van der Waals surface area contributed by atoms with Crippen molar-refractivity contribution in [1.82, 2.24) is 15.5 Å². The first-order chi connectivity index (χ1) is 14.8. The van der Waals surface area contributed by atoms with Crippen LogP contribution >= 0.6 is 0 Å². The second-order valence-electron chi connectivity index (χ2n) is 10.1. The molecule has 184 valence electrons. The molecule has 0 aromatic rings. The zero-order valence-electron chi connectivity index (χ0n) is 20.4. The van der Waals surface area contributed by atoms with E-state index in [1.54, 1.807) is 0 Å². The lowest BCUT2D eigenvalue weighted by molar-refractivity contribution is -0.149. The number of rotatable bonds is 12. The molecule has 1 saturated heterocycles. The monoisotopic (exact) mass is 454 g/mol. The normalized spacial score (nSPS) is 19.2. The smallest absolute Gasteiger partial charge is 0.326 e. The summed E-state index contributed by atoms with van der Waals surface area (Å²) >= 11 is 0. The molecule has 0 aromatic heterocycles. The van der Waals surface area contributed by atoms with Crippen molar-refractivity contribution in [2.45, 2.75) is 97.8 Å². The van der Waals surface area contributed by atoms with Crippen molar-refractivity contribution >= 4 is 23.7 Å². The highest BCUT2D eigenvalue weighted by Gasteiger charge is 2.38. The number of carbonyl (C=O) groups excluding carboxylic acids is 3. The topological polar surface area (TPSA) is 142 Å². The zero-order chi connectivity index (χ0) is 24.6. The maximum Gasteiger partial charge on any atom is 0.326 e. The molecule has 1 aliphatic rings. The van der Waals surface area contributed by atoms with Gasteiger partial charge in [0.25, 0.3) is 0 Å². The summed E-state index contributed by atoms with van der Waals surface area (Å²) < 4.78 is 0. The van der Waals surface area contributed by atoms with E-state index in [-0.39, 0.29) is 23.7 Å². The van der Waals surface area contributed by atoms with E-state index >= 15 is 0 Å². The fraction of sp³-hybridized carbons (Fsp3) is 0.826. The van der Waals surface area contributed by atoms with E-state index in [2.05, 4.69) is 10.6 Å². The Balaban J connectivity index is 2.98. The summed E-state index contributed by atoms with van der Waals surface area (Å²) in [7, 11) is 0. The van der Waals surface area contributed by atoms with Gasteiger partial charge in [-0.25, -0.2) is 4.79 Å². The zero-order valence-corrected chi connectivity index (χ0v) is 20.4. The molecule has 5 N–H and O–H groups in total. The van der Waals surface area contributed by atoms with Crippen LogP contribution < -0.4 is 16.4 Å². The van der Waals surface area contributed by atoms with Gasteiger partial charge in [-0.3, -0.25) is 14.4 Å². The van der Waals surface area contributed by atoms with E-state index in [9.17, 15) is 24.3 Å². The first kappa shape index (κ1) is 27.9. The lowest BCUT2D eigenvalue weighted by Crippen LogP contribution is -2.57. The van der Waals surface area contributed by atoms with Crippen molar-refractivity contribution in [3.63, 3.8) is 0 Å². The molecule has 0 radical (unpaired) electrons. The minimum atomic E-state index is -1.03. The van der Waals surface area contributed by atoms with Gasteiger partial charge in [-0.1, -0.05) is 41.5 Å². The number of carbonyl (C=O) groups is 4. The van der Waals surface area contributed by atoms with Crippen molar-refractivity contribution < 1.29 is 24.3 Å². The second kappa shape index (κ2) is 12.8. The Hall–Kier alpha value is -2.16. The number of likely N-dealkylation sites (tertiary alicyclic amines) is 1. The lowest BCUT2D eigenvalue weighted by Gasteiger charge is -2.30. The molecule has 0 bridgehead atoms. The first-order valence-corrected chi connectivity index (χ1v) is 11.7. The van der Waals surface area contributed by atoms with Gasteiger partial charge in [-0.05, 0) is 49.9 Å². The maximum absolute atomic E-state index is 13.2. The molecular formula is C23H42N4O5. The van der Waals surface area contributed by atoms with Crippen molar-refractivity contribution in [2.75, 3.05) is 6.54 Å². The number of hydrogen-bond donors (Lipinski definition) is 4. The van der Waals surface area contributed by atoms with E-state index in [1.165, 1.54) is 4.90 Å². The van der Waals surface area contributed by atoms with E-state index in [1.807, 2.05) is 41.5 Å². The Morgan fingerprint density at radius 3 is 1.88 bits per heavy atom. The summed E-state index contributed by atoms with van der Waals surface area (Å²) in [5.74, 6) is -1.79. The van der Waals surface area contributed by atoms with Crippen LogP contribution in [0.2, 0.25) is 0 Å². The molecule has 0 unspecified atom stereocenters. The predicted octanol–water partition coefficient (Wildman–Crippen LogP) is 1.50. The minimum Gasteiger partial charge on any atom is -0.480 e. The first-order valence-electron chi connectivity index (χ1n) is 11.7. The molecule has 1 fully saturated rings. The van der Waals surface area contributed by atoms with Gasteiger partial charge in [-0.2, -0.15) is 0 Å². The molecule has 1 rings (SSSR count). The van der Waals surface area contributed by atoms with Crippen LogP contribution in [-0.2, 0) is 19.2 Å². The SMILES string of the molecule is CC(C)C[C@H](NC(=O)[C@@H](N)CC(C)C)C(=O)N[C@@H](CC(C)C)C(=O)N1CCC[C@H]1C(=O)O. The van der Waals surface area contributed by atoms with Crippen molar-refractivity contribution in [2.24, 2.45) is 23.5 Å². The van der Waals surface area contributed by atoms with Crippen LogP contribution in [0.15, 0.2) is 0 Å². The Morgan fingerprint density at radius 2 is 1.38 bits per heavy atom. The van der Waals surface area contributed by atoms with E-state index in [0.29, 0.717) is 38.6 Å². The molecule has 9 nitrogen and oxygen atoms in total. The van der Waals surface area contributed by atoms with Crippen LogP contribution in [0.4, 0.5) is 0 Å².